The summed E-state index contributed by atoms with van der Waals surface area (Å²) >= 11 is 0. The number of nitrogens with two attached hydrogens (primary N) is 1. The zero-order chi connectivity index (χ0) is 18.2. The molecule has 2 aromatic rings. The van der Waals surface area contributed by atoms with Gasteiger partial charge < -0.3 is 10.1 Å². The van der Waals surface area contributed by atoms with E-state index in [0.717, 1.165) is 5.56 Å². The van der Waals surface area contributed by atoms with Crippen LogP contribution in [-0.4, -0.2) is 25.9 Å². The Bertz CT molecular complexity index is 953. The van der Waals surface area contributed by atoms with Gasteiger partial charge in [-0.15, -0.1) is 0 Å². The molecule has 130 valence electrons. The summed E-state index contributed by atoms with van der Waals surface area (Å²) in [5, 5.41) is 7.66. The van der Waals surface area contributed by atoms with Gasteiger partial charge in [0, 0.05) is 12.1 Å². The lowest BCUT2D eigenvalue weighted by atomic mass is 9.89. The van der Waals surface area contributed by atoms with Crippen molar-refractivity contribution in [1.82, 2.24) is 0 Å². The van der Waals surface area contributed by atoms with Crippen LogP contribution in [0.3, 0.4) is 0 Å². The Morgan fingerprint density at radius 3 is 2.44 bits per heavy atom. The molecule has 25 heavy (non-hydrogen) atoms. The number of carbonyl (C=O) groups excluding carboxylic acids is 2. The van der Waals surface area contributed by atoms with Gasteiger partial charge in [0.2, 0.25) is 10.0 Å². The summed E-state index contributed by atoms with van der Waals surface area (Å²) < 4.78 is 27.8. The van der Waals surface area contributed by atoms with Gasteiger partial charge in [0.15, 0.2) is 5.60 Å². The molecule has 0 saturated carbocycles. The molecule has 0 aromatic heterocycles. The summed E-state index contributed by atoms with van der Waals surface area (Å²) in [6.45, 7) is 1.54. The third kappa shape index (κ3) is 3.40. The highest BCUT2D eigenvalue weighted by atomic mass is 32.2. The molecule has 0 bridgehead atoms. The number of amides is 1. The summed E-state index contributed by atoms with van der Waals surface area (Å²) in [6, 6.07) is 12.4. The predicted molar refractivity (Wildman–Crippen MR) is 90.4 cm³/mol. The summed E-state index contributed by atoms with van der Waals surface area (Å²) in [7, 11) is -3.80. The van der Waals surface area contributed by atoms with Crippen molar-refractivity contribution in [3.63, 3.8) is 0 Å². The number of hydrogen-bond donors (Lipinski definition) is 2. The Labute approximate surface area is 144 Å². The number of rotatable bonds is 3. The van der Waals surface area contributed by atoms with Crippen LogP contribution in [0, 0.1) is 0 Å². The zero-order valence-electron chi connectivity index (χ0n) is 13.4. The van der Waals surface area contributed by atoms with Crippen LogP contribution in [-0.2, 0) is 26.0 Å². The number of nitrogens with one attached hydrogen (secondary N) is 1. The van der Waals surface area contributed by atoms with E-state index in [2.05, 4.69) is 5.32 Å². The zero-order valence-corrected chi connectivity index (χ0v) is 14.2. The lowest BCUT2D eigenvalue weighted by Gasteiger charge is -2.33. The van der Waals surface area contributed by atoms with Crippen molar-refractivity contribution in [3.8, 4) is 0 Å². The first-order valence-corrected chi connectivity index (χ1v) is 8.99. The number of carbonyl (C=O) groups is 2. The standard InChI is InChI=1S/C17H16N2O5S/c1-17(10-11-4-2-3-5-14(11)15(20)24-17)16(21)19-12-6-8-13(9-7-12)25(18,22)23/h2-9H,10H2,1H3,(H,19,21)(H2,18,22,23)/t17-/m1/s1. The van der Waals surface area contributed by atoms with E-state index >= 15 is 0 Å². The number of ether oxygens (including phenoxy) is 1. The number of hydrogen-bond acceptors (Lipinski definition) is 5. The van der Waals surface area contributed by atoms with E-state index in [9.17, 15) is 18.0 Å². The maximum absolute atomic E-state index is 12.6. The van der Waals surface area contributed by atoms with Crippen LogP contribution in [0.15, 0.2) is 53.4 Å². The van der Waals surface area contributed by atoms with Crippen LogP contribution >= 0.6 is 0 Å². The quantitative estimate of drug-likeness (QED) is 0.804. The summed E-state index contributed by atoms with van der Waals surface area (Å²) in [6.07, 6.45) is 0.246. The molecular weight excluding hydrogens is 344 g/mol. The molecule has 0 radical (unpaired) electrons. The first-order valence-electron chi connectivity index (χ1n) is 7.45. The summed E-state index contributed by atoms with van der Waals surface area (Å²) in [5.74, 6) is -1.05. The van der Waals surface area contributed by atoms with Crippen LogP contribution in [0.25, 0.3) is 0 Å². The van der Waals surface area contributed by atoms with Crippen molar-refractivity contribution in [3.05, 3.63) is 59.7 Å². The third-order valence-corrected chi connectivity index (χ3v) is 4.93. The van der Waals surface area contributed by atoms with Crippen molar-refractivity contribution < 1.29 is 22.7 Å². The molecule has 1 heterocycles. The van der Waals surface area contributed by atoms with E-state index in [4.69, 9.17) is 9.88 Å². The molecule has 0 fully saturated rings. The Balaban J connectivity index is 1.81. The molecule has 0 spiro atoms. The molecule has 1 aliphatic heterocycles. The Morgan fingerprint density at radius 1 is 1.16 bits per heavy atom. The average Bonchev–Trinajstić information content (AvgIpc) is 2.54. The topological polar surface area (TPSA) is 116 Å². The minimum Gasteiger partial charge on any atom is -0.445 e. The van der Waals surface area contributed by atoms with Crippen molar-refractivity contribution in [2.45, 2.75) is 23.8 Å². The monoisotopic (exact) mass is 360 g/mol. The molecule has 3 rings (SSSR count). The molecule has 7 nitrogen and oxygen atoms in total. The molecule has 1 aliphatic rings. The number of anilines is 1. The number of cyclic esters (lactones) is 1. The van der Waals surface area contributed by atoms with E-state index in [0.29, 0.717) is 11.3 Å². The summed E-state index contributed by atoms with van der Waals surface area (Å²) in [4.78, 5) is 24.7. The number of fused-ring (bicyclic) bond motifs is 1. The molecule has 2 aromatic carbocycles. The van der Waals surface area contributed by atoms with Gasteiger partial charge >= 0.3 is 5.97 Å². The number of primary sulfonamides is 1. The van der Waals surface area contributed by atoms with Gasteiger partial charge in [-0.05, 0) is 42.8 Å². The van der Waals surface area contributed by atoms with Gasteiger partial charge in [0.1, 0.15) is 0 Å². The molecule has 3 N–H and O–H groups in total. The largest absolute Gasteiger partial charge is 0.445 e. The highest BCUT2D eigenvalue weighted by molar-refractivity contribution is 7.89. The first-order chi connectivity index (χ1) is 11.7. The molecular formula is C17H16N2O5S. The van der Waals surface area contributed by atoms with Crippen molar-refractivity contribution in [2.24, 2.45) is 5.14 Å². The molecule has 1 amide bonds. The number of benzene rings is 2. The molecule has 1 atom stereocenters. The SMILES string of the molecule is C[C@]1(C(=O)Nc2ccc(S(N)(=O)=O)cc2)Cc2ccccc2C(=O)O1. The van der Waals surface area contributed by atoms with Crippen LogP contribution < -0.4 is 10.5 Å². The van der Waals surface area contributed by atoms with Gasteiger partial charge in [-0.3, -0.25) is 4.79 Å². The van der Waals surface area contributed by atoms with Crippen molar-refractivity contribution in [1.29, 1.82) is 0 Å². The Morgan fingerprint density at radius 2 is 1.80 bits per heavy atom. The number of sulfonamides is 1. The lowest BCUT2D eigenvalue weighted by Crippen LogP contribution is -2.48. The smallest absolute Gasteiger partial charge is 0.339 e. The second-order valence-corrected chi connectivity index (χ2v) is 7.54. The summed E-state index contributed by atoms with van der Waals surface area (Å²) in [5.41, 5.74) is 0.198. The molecule has 0 saturated heterocycles. The molecule has 0 aliphatic carbocycles. The van der Waals surface area contributed by atoms with Crippen LogP contribution in [0.2, 0.25) is 0 Å². The fourth-order valence-corrected chi connectivity index (χ4v) is 3.17. The van der Waals surface area contributed by atoms with Crippen LogP contribution in [0.1, 0.15) is 22.8 Å². The van der Waals surface area contributed by atoms with E-state index in [1.54, 1.807) is 24.3 Å². The average molecular weight is 360 g/mol. The van der Waals surface area contributed by atoms with Gasteiger partial charge in [-0.2, -0.15) is 0 Å². The first kappa shape index (κ1) is 17.1. The van der Waals surface area contributed by atoms with E-state index in [1.165, 1.54) is 31.2 Å². The maximum atomic E-state index is 12.6. The van der Waals surface area contributed by atoms with E-state index < -0.39 is 27.5 Å². The third-order valence-electron chi connectivity index (χ3n) is 4.00. The lowest BCUT2D eigenvalue weighted by molar-refractivity contribution is -0.134. The van der Waals surface area contributed by atoms with Gasteiger partial charge in [0.05, 0.1) is 10.5 Å². The fraction of sp³-hybridized carbons (Fsp3) is 0.176. The van der Waals surface area contributed by atoms with Crippen LogP contribution in [0.4, 0.5) is 5.69 Å². The van der Waals surface area contributed by atoms with Gasteiger partial charge in [0.25, 0.3) is 5.91 Å². The Hall–Kier alpha value is -2.71. The minimum atomic E-state index is -3.80. The number of esters is 1. The minimum absolute atomic E-state index is 0.0604. The molecule has 0 unspecified atom stereocenters. The maximum Gasteiger partial charge on any atom is 0.339 e. The predicted octanol–water partition coefficient (Wildman–Crippen LogP) is 1.44. The Kier molecular flexibility index (Phi) is 4.09. The van der Waals surface area contributed by atoms with E-state index in [-0.39, 0.29) is 11.3 Å². The van der Waals surface area contributed by atoms with Crippen molar-refractivity contribution in [2.75, 3.05) is 5.32 Å². The van der Waals surface area contributed by atoms with Gasteiger partial charge in [-0.1, -0.05) is 18.2 Å². The highest BCUT2D eigenvalue weighted by Crippen LogP contribution is 2.29. The normalized spacial score (nSPS) is 19.7. The van der Waals surface area contributed by atoms with Crippen molar-refractivity contribution >= 4 is 27.6 Å². The van der Waals surface area contributed by atoms with Gasteiger partial charge in [-0.25, -0.2) is 18.4 Å². The van der Waals surface area contributed by atoms with E-state index in [1.807, 2.05) is 0 Å². The van der Waals surface area contributed by atoms with Crippen LogP contribution in [0.5, 0.6) is 0 Å². The molecule has 8 heteroatoms. The second-order valence-electron chi connectivity index (χ2n) is 5.98. The fourth-order valence-electron chi connectivity index (χ4n) is 2.65. The highest BCUT2D eigenvalue weighted by Gasteiger charge is 2.42. The second kappa shape index (κ2) is 5.98.